The number of Topliss-reactive ketones (excluding diaryl/α,β-unsaturated/α-hetero) is 1. The molecule has 4 rings (SSSR count). The maximum atomic E-state index is 13.7. The molecule has 0 bridgehead atoms. The van der Waals surface area contributed by atoms with E-state index in [1.807, 2.05) is 29.2 Å². The molecule has 2 aromatic carbocycles. The molecule has 0 saturated carbocycles. The van der Waals surface area contributed by atoms with Crippen molar-refractivity contribution in [1.29, 1.82) is 5.26 Å². The van der Waals surface area contributed by atoms with E-state index in [0.29, 0.717) is 52.6 Å². The zero-order valence-electron chi connectivity index (χ0n) is 20.4. The highest BCUT2D eigenvalue weighted by molar-refractivity contribution is 9.10. The van der Waals surface area contributed by atoms with Crippen molar-refractivity contribution in [1.82, 2.24) is 0 Å². The Balaban J connectivity index is 2.02. The second kappa shape index (κ2) is 9.31. The van der Waals surface area contributed by atoms with Crippen LogP contribution in [0, 0.1) is 16.7 Å². The number of benzene rings is 2. The molecule has 0 aromatic heterocycles. The Morgan fingerprint density at radius 1 is 1.06 bits per heavy atom. The number of methoxy groups -OCH3 is 3. The lowest BCUT2D eigenvalue weighted by molar-refractivity contribution is -0.118. The summed E-state index contributed by atoms with van der Waals surface area (Å²) in [5, 5.41) is 10.3. The molecule has 1 aliphatic heterocycles. The van der Waals surface area contributed by atoms with Gasteiger partial charge in [0, 0.05) is 27.9 Å². The highest BCUT2D eigenvalue weighted by Gasteiger charge is 2.45. The van der Waals surface area contributed by atoms with Gasteiger partial charge in [-0.2, -0.15) is 5.26 Å². The van der Waals surface area contributed by atoms with Crippen LogP contribution in [0.2, 0.25) is 0 Å². The second-order valence-electron chi connectivity index (χ2n) is 9.42. The first kappa shape index (κ1) is 24.7. The lowest BCUT2D eigenvalue weighted by Crippen LogP contribution is -2.42. The molecule has 1 unspecified atom stereocenters. The monoisotopic (exact) mass is 537 g/mol. The van der Waals surface area contributed by atoms with Crippen molar-refractivity contribution < 1.29 is 19.0 Å². The fourth-order valence-electron chi connectivity index (χ4n) is 5.00. The normalized spacial score (nSPS) is 19.3. The molecular weight excluding hydrogens is 510 g/mol. The van der Waals surface area contributed by atoms with E-state index in [1.165, 1.54) is 21.3 Å². The first-order valence-electron chi connectivity index (χ1n) is 11.2. The van der Waals surface area contributed by atoms with E-state index in [0.717, 1.165) is 15.9 Å². The maximum absolute atomic E-state index is 13.7. The standard InChI is InChI=1S/C27H28BrN3O4/c1-27(2)12-19-24(20(32)13-27)23(15-10-21(33-3)25(35-5)22(11-15)34-4)18(14-29)26(30)31(19)17-8-6-16(28)7-9-17/h6-11,23H,12-13,30H2,1-5H3. The number of ether oxygens (including phenoxy) is 3. The van der Waals surface area contributed by atoms with E-state index in [2.05, 4.69) is 35.8 Å². The fourth-order valence-corrected chi connectivity index (χ4v) is 5.26. The van der Waals surface area contributed by atoms with E-state index >= 15 is 0 Å². The zero-order valence-corrected chi connectivity index (χ0v) is 22.0. The number of carbonyl (C=O) groups is 1. The highest BCUT2D eigenvalue weighted by Crippen LogP contribution is 2.52. The summed E-state index contributed by atoms with van der Waals surface area (Å²) in [4.78, 5) is 15.6. The Morgan fingerprint density at radius 2 is 1.66 bits per heavy atom. The Morgan fingerprint density at radius 3 is 2.17 bits per heavy atom. The summed E-state index contributed by atoms with van der Waals surface area (Å²) < 4.78 is 17.5. The lowest BCUT2D eigenvalue weighted by Gasteiger charge is -2.43. The van der Waals surface area contributed by atoms with Gasteiger partial charge in [-0.25, -0.2) is 0 Å². The van der Waals surface area contributed by atoms with Crippen molar-refractivity contribution in [3.63, 3.8) is 0 Å². The number of nitriles is 1. The highest BCUT2D eigenvalue weighted by atomic mass is 79.9. The minimum Gasteiger partial charge on any atom is -0.493 e. The third-order valence-electron chi connectivity index (χ3n) is 6.49. The topological polar surface area (TPSA) is 97.8 Å². The SMILES string of the molecule is COc1cc(C2C(C#N)=C(N)N(c3ccc(Br)cc3)C3=C2C(=O)CC(C)(C)C3)cc(OC)c1OC. The van der Waals surface area contributed by atoms with Crippen LogP contribution < -0.4 is 24.8 Å². The van der Waals surface area contributed by atoms with Crippen LogP contribution >= 0.6 is 15.9 Å². The smallest absolute Gasteiger partial charge is 0.203 e. The molecule has 0 saturated heterocycles. The van der Waals surface area contributed by atoms with Gasteiger partial charge in [-0.3, -0.25) is 9.69 Å². The lowest BCUT2D eigenvalue weighted by atomic mass is 9.68. The van der Waals surface area contributed by atoms with Crippen LogP contribution in [0.15, 0.2) is 63.5 Å². The molecule has 182 valence electrons. The van der Waals surface area contributed by atoms with E-state index in [1.54, 1.807) is 12.1 Å². The summed E-state index contributed by atoms with van der Waals surface area (Å²) in [5.41, 5.74) is 9.60. The third kappa shape index (κ3) is 4.25. The number of hydrogen-bond donors (Lipinski definition) is 1. The van der Waals surface area contributed by atoms with Gasteiger partial charge in [-0.15, -0.1) is 0 Å². The van der Waals surface area contributed by atoms with Crippen molar-refractivity contribution in [2.75, 3.05) is 26.2 Å². The van der Waals surface area contributed by atoms with E-state index in [-0.39, 0.29) is 11.2 Å². The number of halogens is 1. The first-order valence-corrected chi connectivity index (χ1v) is 12.0. The Bertz CT molecular complexity index is 1260. The fraction of sp³-hybridized carbons (Fsp3) is 0.333. The van der Waals surface area contributed by atoms with Crippen molar-refractivity contribution >= 4 is 27.4 Å². The number of nitrogens with two attached hydrogens (primary N) is 1. The van der Waals surface area contributed by atoms with Crippen LogP contribution in [0.3, 0.4) is 0 Å². The van der Waals surface area contributed by atoms with Gasteiger partial charge < -0.3 is 19.9 Å². The van der Waals surface area contributed by atoms with Crippen molar-refractivity contribution in [2.24, 2.45) is 11.1 Å². The quantitative estimate of drug-likeness (QED) is 0.543. The summed E-state index contributed by atoms with van der Waals surface area (Å²) in [7, 11) is 4.60. The zero-order chi connectivity index (χ0) is 25.5. The molecule has 0 fully saturated rings. The number of nitrogens with zero attached hydrogens (tertiary/aromatic N) is 2. The molecule has 1 atom stereocenters. The van der Waals surface area contributed by atoms with Gasteiger partial charge >= 0.3 is 0 Å². The van der Waals surface area contributed by atoms with E-state index < -0.39 is 5.92 Å². The molecule has 7 nitrogen and oxygen atoms in total. The molecule has 2 aliphatic rings. The summed E-state index contributed by atoms with van der Waals surface area (Å²) in [5.74, 6) is 0.971. The first-order chi connectivity index (χ1) is 16.6. The molecule has 2 aromatic rings. The average molecular weight is 538 g/mol. The maximum Gasteiger partial charge on any atom is 0.203 e. The number of ketones is 1. The molecule has 1 aliphatic carbocycles. The van der Waals surface area contributed by atoms with Crippen molar-refractivity contribution in [3.8, 4) is 23.3 Å². The van der Waals surface area contributed by atoms with Crippen LogP contribution in [0.1, 0.15) is 38.2 Å². The van der Waals surface area contributed by atoms with E-state index in [4.69, 9.17) is 19.9 Å². The predicted molar refractivity (Wildman–Crippen MR) is 137 cm³/mol. The minimum absolute atomic E-state index is 0.00244. The Kier molecular flexibility index (Phi) is 6.56. The predicted octanol–water partition coefficient (Wildman–Crippen LogP) is 5.42. The summed E-state index contributed by atoms with van der Waals surface area (Å²) in [6.07, 6.45) is 1.00. The number of carbonyl (C=O) groups excluding carboxylic acids is 1. The average Bonchev–Trinajstić information content (AvgIpc) is 2.82. The number of allylic oxidation sites excluding steroid dienone is 3. The Labute approximate surface area is 213 Å². The molecule has 8 heteroatoms. The van der Waals surface area contributed by atoms with Crippen molar-refractivity contribution in [2.45, 2.75) is 32.6 Å². The van der Waals surface area contributed by atoms with Crippen molar-refractivity contribution in [3.05, 3.63) is 69.1 Å². The van der Waals surface area contributed by atoms with Gasteiger partial charge in [0.2, 0.25) is 5.75 Å². The van der Waals surface area contributed by atoms with Gasteiger partial charge in [0.05, 0.1) is 38.9 Å². The van der Waals surface area contributed by atoms with Gasteiger partial charge in [0.25, 0.3) is 0 Å². The Hall–Kier alpha value is -3.44. The summed E-state index contributed by atoms with van der Waals surface area (Å²) in [6.45, 7) is 4.14. The molecule has 1 heterocycles. The number of rotatable bonds is 5. The molecule has 0 radical (unpaired) electrons. The second-order valence-corrected chi connectivity index (χ2v) is 10.3. The molecular formula is C27H28BrN3O4. The largest absolute Gasteiger partial charge is 0.493 e. The van der Waals surface area contributed by atoms with Gasteiger partial charge in [-0.05, 0) is 53.8 Å². The van der Waals surface area contributed by atoms with Crippen LogP contribution in [0.4, 0.5) is 5.69 Å². The molecule has 2 N–H and O–H groups in total. The molecule has 35 heavy (non-hydrogen) atoms. The van der Waals surface area contributed by atoms with E-state index in [9.17, 15) is 10.1 Å². The molecule has 0 spiro atoms. The molecule has 0 amide bonds. The third-order valence-corrected chi connectivity index (χ3v) is 7.01. The van der Waals surface area contributed by atoms with Crippen LogP contribution in [0.25, 0.3) is 0 Å². The number of hydrogen-bond acceptors (Lipinski definition) is 7. The van der Waals surface area contributed by atoms with Crippen LogP contribution in [0.5, 0.6) is 17.2 Å². The van der Waals surface area contributed by atoms with Gasteiger partial charge in [0.15, 0.2) is 17.3 Å². The number of anilines is 1. The summed E-state index contributed by atoms with van der Waals surface area (Å²) in [6, 6.07) is 13.5. The van der Waals surface area contributed by atoms with Crippen LogP contribution in [-0.4, -0.2) is 27.1 Å². The van der Waals surface area contributed by atoms with Gasteiger partial charge in [-0.1, -0.05) is 29.8 Å². The van der Waals surface area contributed by atoms with Gasteiger partial charge in [0.1, 0.15) is 5.82 Å². The summed E-state index contributed by atoms with van der Waals surface area (Å²) >= 11 is 3.47. The minimum atomic E-state index is -0.654. The van der Waals surface area contributed by atoms with Crippen LogP contribution in [-0.2, 0) is 4.79 Å².